The van der Waals surface area contributed by atoms with Crippen LogP contribution in [0.5, 0.6) is 0 Å². The Morgan fingerprint density at radius 3 is 3.21 bits per heavy atom. The van der Waals surface area contributed by atoms with E-state index in [-0.39, 0.29) is 11.7 Å². The van der Waals surface area contributed by atoms with E-state index in [4.69, 9.17) is 17.1 Å². The van der Waals surface area contributed by atoms with Gasteiger partial charge in [-0.3, -0.25) is 0 Å². The maximum Gasteiger partial charge on any atom is 0.148 e. The third-order valence-electron chi connectivity index (χ3n) is 1.40. The summed E-state index contributed by atoms with van der Waals surface area (Å²) in [7, 11) is 0. The minimum Gasteiger partial charge on any atom is -0.241 e. The SMILES string of the molecule is [N-]=[N+]=NCC=Cc1cc(Cl)ncc1F. The van der Waals surface area contributed by atoms with Crippen molar-refractivity contribution >= 4 is 17.7 Å². The number of aromatic nitrogens is 1. The van der Waals surface area contributed by atoms with Crippen LogP contribution < -0.4 is 0 Å². The second kappa shape index (κ2) is 5.21. The van der Waals surface area contributed by atoms with Crippen molar-refractivity contribution in [3.63, 3.8) is 0 Å². The zero-order chi connectivity index (χ0) is 10.4. The van der Waals surface area contributed by atoms with Crippen LogP contribution in [0.2, 0.25) is 5.15 Å². The average Bonchev–Trinajstić information content (AvgIpc) is 2.18. The van der Waals surface area contributed by atoms with E-state index in [0.29, 0.717) is 5.56 Å². The Morgan fingerprint density at radius 2 is 2.50 bits per heavy atom. The monoisotopic (exact) mass is 212 g/mol. The fourth-order valence-corrected chi connectivity index (χ4v) is 0.985. The molecule has 0 atom stereocenters. The first kappa shape index (κ1) is 10.5. The minimum absolute atomic E-state index is 0.176. The number of nitrogens with zero attached hydrogens (tertiary/aromatic N) is 4. The first-order valence-electron chi connectivity index (χ1n) is 3.72. The molecule has 14 heavy (non-hydrogen) atoms. The lowest BCUT2D eigenvalue weighted by Gasteiger charge is -1.95. The molecule has 1 aromatic heterocycles. The summed E-state index contributed by atoms with van der Waals surface area (Å²) in [6.45, 7) is 0.176. The smallest absolute Gasteiger partial charge is 0.148 e. The van der Waals surface area contributed by atoms with Gasteiger partial charge in [-0.2, -0.15) is 0 Å². The molecule has 0 aliphatic rings. The lowest BCUT2D eigenvalue weighted by atomic mass is 10.2. The molecule has 0 aliphatic carbocycles. The van der Waals surface area contributed by atoms with Gasteiger partial charge >= 0.3 is 0 Å². The van der Waals surface area contributed by atoms with Crippen molar-refractivity contribution in [2.75, 3.05) is 6.54 Å². The molecule has 0 unspecified atom stereocenters. The number of hydrogen-bond donors (Lipinski definition) is 0. The molecular weight excluding hydrogens is 207 g/mol. The van der Waals surface area contributed by atoms with Gasteiger partial charge in [0.2, 0.25) is 0 Å². The van der Waals surface area contributed by atoms with Crippen LogP contribution in [0.15, 0.2) is 23.5 Å². The molecule has 0 aromatic carbocycles. The van der Waals surface area contributed by atoms with Gasteiger partial charge in [-0.1, -0.05) is 28.9 Å². The van der Waals surface area contributed by atoms with E-state index in [9.17, 15) is 4.39 Å². The number of hydrogen-bond acceptors (Lipinski definition) is 2. The average molecular weight is 213 g/mol. The van der Waals surface area contributed by atoms with E-state index in [1.54, 1.807) is 0 Å². The predicted molar refractivity (Wildman–Crippen MR) is 52.3 cm³/mol. The van der Waals surface area contributed by atoms with Crippen molar-refractivity contribution < 1.29 is 4.39 Å². The van der Waals surface area contributed by atoms with Crippen LogP contribution in [-0.4, -0.2) is 11.5 Å². The Kier molecular flexibility index (Phi) is 3.91. The second-order valence-electron chi connectivity index (χ2n) is 2.34. The predicted octanol–water partition coefficient (Wildman–Crippen LogP) is 3.20. The Morgan fingerprint density at radius 1 is 1.71 bits per heavy atom. The van der Waals surface area contributed by atoms with Gasteiger partial charge in [-0.15, -0.1) is 0 Å². The number of azide groups is 1. The van der Waals surface area contributed by atoms with Crippen molar-refractivity contribution in [2.24, 2.45) is 5.11 Å². The van der Waals surface area contributed by atoms with Crippen LogP contribution in [0, 0.1) is 5.82 Å². The third-order valence-corrected chi connectivity index (χ3v) is 1.61. The quantitative estimate of drug-likeness (QED) is 0.328. The van der Waals surface area contributed by atoms with E-state index in [2.05, 4.69) is 15.0 Å². The van der Waals surface area contributed by atoms with Crippen LogP contribution >= 0.6 is 11.6 Å². The molecule has 0 aliphatic heterocycles. The second-order valence-corrected chi connectivity index (χ2v) is 2.73. The van der Waals surface area contributed by atoms with Crippen molar-refractivity contribution in [1.82, 2.24) is 4.98 Å². The summed E-state index contributed by atoms with van der Waals surface area (Å²) in [5.41, 5.74) is 8.30. The molecule has 6 heteroatoms. The van der Waals surface area contributed by atoms with Gasteiger partial charge in [0.1, 0.15) is 11.0 Å². The van der Waals surface area contributed by atoms with Crippen LogP contribution in [-0.2, 0) is 0 Å². The molecule has 0 fully saturated rings. The Bertz CT molecular complexity index is 398. The topological polar surface area (TPSA) is 61.7 Å². The lowest BCUT2D eigenvalue weighted by molar-refractivity contribution is 0.618. The van der Waals surface area contributed by atoms with Gasteiger partial charge < -0.3 is 0 Å². The van der Waals surface area contributed by atoms with Crippen LogP contribution in [0.4, 0.5) is 4.39 Å². The van der Waals surface area contributed by atoms with Gasteiger partial charge in [0.15, 0.2) is 0 Å². The largest absolute Gasteiger partial charge is 0.241 e. The van der Waals surface area contributed by atoms with Crippen molar-refractivity contribution in [3.8, 4) is 0 Å². The summed E-state index contributed by atoms with van der Waals surface area (Å²) in [6.07, 6.45) is 4.06. The first-order chi connectivity index (χ1) is 6.74. The third kappa shape index (κ3) is 3.05. The van der Waals surface area contributed by atoms with Crippen molar-refractivity contribution in [1.29, 1.82) is 0 Å². The molecule has 1 aromatic rings. The van der Waals surface area contributed by atoms with Gasteiger partial charge in [-0.25, -0.2) is 9.37 Å². The molecule has 0 saturated heterocycles. The summed E-state index contributed by atoms with van der Waals surface area (Å²) < 4.78 is 13.0. The van der Waals surface area contributed by atoms with Crippen molar-refractivity contribution in [2.45, 2.75) is 0 Å². The van der Waals surface area contributed by atoms with Gasteiger partial charge in [0.05, 0.1) is 6.20 Å². The normalized spacial score (nSPS) is 10.1. The van der Waals surface area contributed by atoms with E-state index in [1.165, 1.54) is 18.2 Å². The summed E-state index contributed by atoms with van der Waals surface area (Å²) in [5.74, 6) is -0.466. The van der Waals surface area contributed by atoms with Crippen LogP contribution in [0.1, 0.15) is 5.56 Å². The van der Waals surface area contributed by atoms with Crippen LogP contribution in [0.25, 0.3) is 16.5 Å². The molecule has 1 heterocycles. The highest BCUT2D eigenvalue weighted by atomic mass is 35.5. The molecular formula is C8H6ClFN4. The highest BCUT2D eigenvalue weighted by Gasteiger charge is 1.99. The number of rotatable bonds is 3. The highest BCUT2D eigenvalue weighted by Crippen LogP contribution is 2.12. The summed E-state index contributed by atoms with van der Waals surface area (Å²) in [6, 6.07) is 1.39. The standard InChI is InChI=1S/C8H6ClFN4/c9-8-4-6(7(10)5-12-8)2-1-3-13-14-11/h1-2,4-5H,3H2. The fraction of sp³-hybridized carbons (Fsp3) is 0.125. The first-order valence-corrected chi connectivity index (χ1v) is 4.10. The summed E-state index contributed by atoms with van der Waals surface area (Å²) in [4.78, 5) is 6.11. The zero-order valence-corrected chi connectivity index (χ0v) is 7.82. The van der Waals surface area contributed by atoms with Crippen molar-refractivity contribution in [3.05, 3.63) is 45.3 Å². The maximum atomic E-state index is 13.0. The molecule has 4 nitrogen and oxygen atoms in total. The maximum absolute atomic E-state index is 13.0. The highest BCUT2D eigenvalue weighted by molar-refractivity contribution is 6.29. The number of halogens is 2. The van der Waals surface area contributed by atoms with E-state index in [0.717, 1.165) is 6.20 Å². The Labute approximate surface area is 84.7 Å². The zero-order valence-electron chi connectivity index (χ0n) is 7.06. The molecule has 0 spiro atoms. The summed E-state index contributed by atoms with van der Waals surface area (Å²) in [5, 5.41) is 3.48. The Balaban J connectivity index is 2.79. The van der Waals surface area contributed by atoms with E-state index < -0.39 is 5.82 Å². The molecule has 0 saturated carbocycles. The molecule has 0 radical (unpaired) electrons. The Hall–Kier alpha value is -1.58. The fourth-order valence-electron chi connectivity index (χ4n) is 0.818. The lowest BCUT2D eigenvalue weighted by Crippen LogP contribution is -1.85. The van der Waals surface area contributed by atoms with Gasteiger partial charge in [0, 0.05) is 17.0 Å². The minimum atomic E-state index is -0.466. The molecule has 0 N–H and O–H groups in total. The molecule has 0 bridgehead atoms. The van der Waals surface area contributed by atoms with Crippen LogP contribution in [0.3, 0.4) is 0 Å². The molecule has 0 amide bonds. The molecule has 72 valence electrons. The van der Waals surface area contributed by atoms with Gasteiger partial charge in [-0.05, 0) is 11.6 Å². The van der Waals surface area contributed by atoms with Gasteiger partial charge in [0.25, 0.3) is 0 Å². The van der Waals surface area contributed by atoms with E-state index >= 15 is 0 Å². The molecule has 1 rings (SSSR count). The number of pyridine rings is 1. The summed E-state index contributed by atoms with van der Waals surface area (Å²) >= 11 is 5.56. The van der Waals surface area contributed by atoms with E-state index in [1.807, 2.05) is 0 Å².